The molecule has 0 saturated carbocycles. The summed E-state index contributed by atoms with van der Waals surface area (Å²) in [4.78, 5) is 11.7. The van der Waals surface area contributed by atoms with Crippen molar-refractivity contribution in [3.63, 3.8) is 0 Å². The van der Waals surface area contributed by atoms with Crippen LogP contribution in [0.15, 0.2) is 47.6 Å². The van der Waals surface area contributed by atoms with Crippen LogP contribution >= 0.6 is 22.6 Å². The topological polar surface area (TPSA) is 61.7 Å². The number of hydrogen-bond acceptors (Lipinski definition) is 3. The van der Waals surface area contributed by atoms with Crippen molar-refractivity contribution in [1.82, 2.24) is 5.43 Å². The highest BCUT2D eigenvalue weighted by Crippen LogP contribution is 2.17. The lowest BCUT2D eigenvalue weighted by Gasteiger charge is -2.01. The van der Waals surface area contributed by atoms with Gasteiger partial charge in [0.2, 0.25) is 0 Å². The van der Waals surface area contributed by atoms with E-state index in [1.54, 1.807) is 18.2 Å². The van der Waals surface area contributed by atoms with Crippen LogP contribution in [0.5, 0.6) is 5.75 Å². The summed E-state index contributed by atoms with van der Waals surface area (Å²) >= 11 is 2.10. The first-order chi connectivity index (χ1) is 9.56. The lowest BCUT2D eigenvalue weighted by atomic mass is 10.2. The second kappa shape index (κ2) is 6.47. The summed E-state index contributed by atoms with van der Waals surface area (Å²) in [6, 6.07) is 10.2. The number of halogens is 2. The van der Waals surface area contributed by atoms with Gasteiger partial charge in [0.15, 0.2) is 0 Å². The van der Waals surface area contributed by atoms with Crippen molar-refractivity contribution in [3.05, 3.63) is 63.0 Å². The van der Waals surface area contributed by atoms with Gasteiger partial charge in [0.1, 0.15) is 11.6 Å². The van der Waals surface area contributed by atoms with Gasteiger partial charge in [-0.15, -0.1) is 0 Å². The van der Waals surface area contributed by atoms with Gasteiger partial charge in [0, 0.05) is 14.7 Å². The fraction of sp³-hybridized carbons (Fsp3) is 0. The van der Waals surface area contributed by atoms with Crippen LogP contribution in [0.4, 0.5) is 4.39 Å². The predicted molar refractivity (Wildman–Crippen MR) is 82.3 cm³/mol. The molecule has 6 heteroatoms. The van der Waals surface area contributed by atoms with Crippen molar-refractivity contribution in [2.75, 3.05) is 0 Å². The zero-order valence-corrected chi connectivity index (χ0v) is 12.3. The minimum atomic E-state index is -0.452. The van der Waals surface area contributed by atoms with E-state index in [2.05, 4.69) is 33.1 Å². The van der Waals surface area contributed by atoms with Crippen LogP contribution in [-0.2, 0) is 0 Å². The number of phenolic OH excluding ortho intramolecular Hbond substituents is 1. The number of nitrogens with zero attached hydrogens (tertiary/aromatic N) is 1. The number of amides is 1. The zero-order valence-electron chi connectivity index (χ0n) is 10.2. The second-order valence-corrected chi connectivity index (χ2v) is 5.15. The molecule has 0 fully saturated rings. The number of nitrogens with one attached hydrogen (secondary N) is 1. The molecule has 0 spiro atoms. The van der Waals surface area contributed by atoms with Gasteiger partial charge in [-0.2, -0.15) is 5.10 Å². The van der Waals surface area contributed by atoms with E-state index in [1.165, 1.54) is 30.5 Å². The third-order valence-corrected chi connectivity index (χ3v) is 3.14. The van der Waals surface area contributed by atoms with Crippen LogP contribution in [0.2, 0.25) is 0 Å². The summed E-state index contributed by atoms with van der Waals surface area (Å²) < 4.78 is 13.7. The highest BCUT2D eigenvalue weighted by molar-refractivity contribution is 14.1. The molecule has 0 aliphatic heterocycles. The van der Waals surface area contributed by atoms with E-state index < -0.39 is 11.7 Å². The summed E-state index contributed by atoms with van der Waals surface area (Å²) in [5, 5.41) is 13.4. The molecule has 0 aliphatic rings. The van der Waals surface area contributed by atoms with Gasteiger partial charge in [-0.05, 0) is 65.1 Å². The molecule has 2 N–H and O–H groups in total. The highest BCUT2D eigenvalue weighted by atomic mass is 127. The third-order valence-electron chi connectivity index (χ3n) is 2.47. The first-order valence-corrected chi connectivity index (χ1v) is 6.71. The summed E-state index contributed by atoms with van der Waals surface area (Å²) in [6.45, 7) is 0. The molecule has 0 radical (unpaired) electrons. The SMILES string of the molecule is O=C(N/N=C/c1cc(I)ccc1O)c1ccc(F)cc1. The Hall–Kier alpha value is -1.96. The van der Waals surface area contributed by atoms with E-state index in [0.29, 0.717) is 11.1 Å². The molecule has 0 heterocycles. The maximum Gasteiger partial charge on any atom is 0.271 e. The Morgan fingerprint density at radius 3 is 2.65 bits per heavy atom. The molecule has 0 atom stereocenters. The number of hydrogen-bond donors (Lipinski definition) is 2. The van der Waals surface area contributed by atoms with Crippen LogP contribution in [0, 0.1) is 9.39 Å². The maximum atomic E-state index is 12.7. The molecule has 2 aromatic carbocycles. The Bertz CT molecular complexity index is 657. The van der Waals surface area contributed by atoms with Crippen molar-refractivity contribution in [2.24, 2.45) is 5.10 Å². The van der Waals surface area contributed by atoms with Crippen LogP contribution in [0.1, 0.15) is 15.9 Å². The average molecular weight is 384 g/mol. The molecule has 4 nitrogen and oxygen atoms in total. The van der Waals surface area contributed by atoms with Crippen LogP contribution in [0.3, 0.4) is 0 Å². The monoisotopic (exact) mass is 384 g/mol. The first-order valence-electron chi connectivity index (χ1n) is 5.64. The lowest BCUT2D eigenvalue weighted by molar-refractivity contribution is 0.0955. The van der Waals surface area contributed by atoms with Crippen molar-refractivity contribution in [3.8, 4) is 5.75 Å². The standard InChI is InChI=1S/C14H10FIN2O2/c15-11-3-1-9(2-4-11)14(20)18-17-8-10-7-12(16)5-6-13(10)19/h1-8,19H,(H,18,20)/b17-8+. The van der Waals surface area contributed by atoms with Crippen molar-refractivity contribution >= 4 is 34.7 Å². The number of aromatic hydroxyl groups is 1. The summed E-state index contributed by atoms with van der Waals surface area (Å²) in [7, 11) is 0. The molecule has 2 aromatic rings. The van der Waals surface area contributed by atoms with Gasteiger partial charge in [0.25, 0.3) is 5.91 Å². The predicted octanol–water partition coefficient (Wildman–Crippen LogP) is 2.90. The molecular weight excluding hydrogens is 374 g/mol. The van der Waals surface area contributed by atoms with Crippen molar-refractivity contribution in [2.45, 2.75) is 0 Å². The number of benzene rings is 2. The summed E-state index contributed by atoms with van der Waals surface area (Å²) in [5.74, 6) is -0.787. The zero-order chi connectivity index (χ0) is 14.5. The largest absolute Gasteiger partial charge is 0.507 e. The van der Waals surface area contributed by atoms with Gasteiger partial charge >= 0.3 is 0 Å². The number of carbonyl (C=O) groups excluding carboxylic acids is 1. The number of hydrazone groups is 1. The van der Waals surface area contributed by atoms with E-state index >= 15 is 0 Å². The Morgan fingerprint density at radius 2 is 1.95 bits per heavy atom. The van der Waals surface area contributed by atoms with Gasteiger partial charge in [0.05, 0.1) is 6.21 Å². The second-order valence-electron chi connectivity index (χ2n) is 3.91. The molecule has 0 bridgehead atoms. The van der Waals surface area contributed by atoms with Crippen LogP contribution < -0.4 is 5.43 Å². The highest BCUT2D eigenvalue weighted by Gasteiger charge is 2.04. The Morgan fingerprint density at radius 1 is 1.25 bits per heavy atom. The fourth-order valence-corrected chi connectivity index (χ4v) is 1.97. The minimum Gasteiger partial charge on any atom is -0.507 e. The smallest absolute Gasteiger partial charge is 0.271 e. The fourth-order valence-electron chi connectivity index (χ4n) is 1.46. The lowest BCUT2D eigenvalue weighted by Crippen LogP contribution is -2.17. The summed E-state index contributed by atoms with van der Waals surface area (Å²) in [5.41, 5.74) is 3.11. The normalized spacial score (nSPS) is 10.7. The number of phenols is 1. The molecular formula is C14H10FIN2O2. The molecule has 0 saturated heterocycles. The Balaban J connectivity index is 2.04. The molecule has 1 amide bonds. The van der Waals surface area contributed by atoms with E-state index in [0.717, 1.165) is 3.57 Å². The van der Waals surface area contributed by atoms with Gasteiger partial charge in [-0.3, -0.25) is 4.79 Å². The van der Waals surface area contributed by atoms with Crippen molar-refractivity contribution < 1.29 is 14.3 Å². The van der Waals surface area contributed by atoms with Crippen molar-refractivity contribution in [1.29, 1.82) is 0 Å². The van der Waals surface area contributed by atoms with E-state index in [-0.39, 0.29) is 5.75 Å². The summed E-state index contributed by atoms with van der Waals surface area (Å²) in [6.07, 6.45) is 1.35. The van der Waals surface area contributed by atoms with E-state index in [9.17, 15) is 14.3 Å². The quantitative estimate of drug-likeness (QED) is 0.486. The molecule has 0 aliphatic carbocycles. The average Bonchev–Trinajstić information content (AvgIpc) is 2.43. The third kappa shape index (κ3) is 3.77. The van der Waals surface area contributed by atoms with Crippen LogP contribution in [-0.4, -0.2) is 17.2 Å². The Kier molecular flexibility index (Phi) is 4.67. The maximum absolute atomic E-state index is 12.7. The molecule has 0 unspecified atom stereocenters. The molecule has 2 rings (SSSR count). The van der Waals surface area contributed by atoms with Gasteiger partial charge in [-0.1, -0.05) is 0 Å². The minimum absolute atomic E-state index is 0.0743. The van der Waals surface area contributed by atoms with E-state index in [4.69, 9.17) is 0 Å². The first kappa shape index (κ1) is 14.4. The number of carbonyl (C=O) groups is 1. The molecule has 102 valence electrons. The van der Waals surface area contributed by atoms with Gasteiger partial charge in [-0.25, -0.2) is 9.82 Å². The number of rotatable bonds is 3. The Labute approximate surface area is 128 Å². The van der Waals surface area contributed by atoms with Crippen LogP contribution in [0.25, 0.3) is 0 Å². The van der Waals surface area contributed by atoms with E-state index in [1.807, 2.05) is 0 Å². The molecule has 20 heavy (non-hydrogen) atoms. The molecule has 0 aromatic heterocycles. The van der Waals surface area contributed by atoms with Gasteiger partial charge < -0.3 is 5.11 Å².